The maximum Gasteiger partial charge on any atom is 0.336 e. The molecule has 0 aromatic heterocycles. The lowest BCUT2D eigenvalue weighted by Crippen LogP contribution is -2.12. The van der Waals surface area contributed by atoms with Crippen molar-refractivity contribution in [1.29, 1.82) is 0 Å². The normalized spacial score (nSPS) is 12.9. The van der Waals surface area contributed by atoms with Gasteiger partial charge in [0.25, 0.3) is 0 Å². The lowest BCUT2D eigenvalue weighted by Gasteiger charge is -2.09. The number of carboxylic acids is 3. The van der Waals surface area contributed by atoms with Gasteiger partial charge in [0.15, 0.2) is 0 Å². The van der Waals surface area contributed by atoms with Gasteiger partial charge in [-0.05, 0) is 18.9 Å². The Bertz CT molecular complexity index is 403. The van der Waals surface area contributed by atoms with Crippen LogP contribution in [-0.2, 0) is 14.4 Å². The Balaban J connectivity index is 5.73. The van der Waals surface area contributed by atoms with Crippen molar-refractivity contribution in [3.63, 3.8) is 0 Å². The smallest absolute Gasteiger partial charge is 0.336 e. The molecular formula is C10H12O7. The van der Waals surface area contributed by atoms with Crippen LogP contribution in [0.15, 0.2) is 22.8 Å². The monoisotopic (exact) mass is 244 g/mol. The van der Waals surface area contributed by atoms with E-state index in [1.54, 1.807) is 0 Å². The molecule has 0 atom stereocenters. The molecule has 0 aromatic carbocycles. The van der Waals surface area contributed by atoms with E-state index < -0.39 is 30.1 Å². The molecule has 0 amide bonds. The van der Waals surface area contributed by atoms with Crippen molar-refractivity contribution in [3.05, 3.63) is 22.8 Å². The SMILES string of the molecule is CC(C(=O)O)=C(CCO)/C(=C/C(=O)O)C(=O)O. The Morgan fingerprint density at radius 3 is 1.88 bits per heavy atom. The standard InChI is InChI=1S/C10H12O7/c1-5(9(14)15)6(2-3-11)7(10(16)17)4-8(12)13/h4,11H,2-3H2,1H3,(H,12,13)(H,14,15)(H,16,17)/b6-5?,7-4-. The van der Waals surface area contributed by atoms with Crippen molar-refractivity contribution in [2.24, 2.45) is 0 Å². The van der Waals surface area contributed by atoms with Crippen molar-refractivity contribution in [3.8, 4) is 0 Å². The second-order valence-corrected chi connectivity index (χ2v) is 3.08. The van der Waals surface area contributed by atoms with Gasteiger partial charge >= 0.3 is 17.9 Å². The molecule has 0 unspecified atom stereocenters. The molecule has 0 aromatic rings. The number of aliphatic hydroxyl groups is 1. The highest BCUT2D eigenvalue weighted by Gasteiger charge is 2.19. The molecule has 7 nitrogen and oxygen atoms in total. The molecular weight excluding hydrogens is 232 g/mol. The highest BCUT2D eigenvalue weighted by Crippen LogP contribution is 2.19. The predicted molar refractivity (Wildman–Crippen MR) is 55.4 cm³/mol. The molecule has 4 N–H and O–H groups in total. The zero-order valence-electron chi connectivity index (χ0n) is 9.01. The van der Waals surface area contributed by atoms with Crippen LogP contribution in [0.2, 0.25) is 0 Å². The lowest BCUT2D eigenvalue weighted by molar-refractivity contribution is -0.135. The number of carboxylic acid groups (broad SMARTS) is 3. The number of rotatable bonds is 6. The summed E-state index contributed by atoms with van der Waals surface area (Å²) in [5.74, 6) is -4.43. The maximum atomic E-state index is 10.8. The van der Waals surface area contributed by atoms with Crippen molar-refractivity contribution >= 4 is 17.9 Å². The van der Waals surface area contributed by atoms with Gasteiger partial charge in [0.05, 0.1) is 5.57 Å². The summed E-state index contributed by atoms with van der Waals surface area (Å²) in [6.07, 6.45) is 0.156. The fraction of sp³-hybridized carbons (Fsp3) is 0.300. The van der Waals surface area contributed by atoms with Crippen LogP contribution in [0.4, 0.5) is 0 Å². The predicted octanol–water partition coefficient (Wildman–Crippen LogP) is -0.135. The van der Waals surface area contributed by atoms with E-state index in [0.29, 0.717) is 6.08 Å². The van der Waals surface area contributed by atoms with Crippen molar-refractivity contribution < 1.29 is 34.8 Å². The summed E-state index contributed by atoms with van der Waals surface area (Å²) < 4.78 is 0. The summed E-state index contributed by atoms with van der Waals surface area (Å²) in [5.41, 5.74) is -1.17. The molecule has 17 heavy (non-hydrogen) atoms. The zero-order valence-corrected chi connectivity index (χ0v) is 9.01. The molecule has 0 spiro atoms. The highest BCUT2D eigenvalue weighted by atomic mass is 16.4. The first-order valence-electron chi connectivity index (χ1n) is 4.53. The van der Waals surface area contributed by atoms with Gasteiger partial charge < -0.3 is 20.4 Å². The minimum atomic E-state index is -1.56. The van der Waals surface area contributed by atoms with E-state index in [4.69, 9.17) is 20.4 Å². The van der Waals surface area contributed by atoms with E-state index in [0.717, 1.165) is 6.92 Å². The van der Waals surface area contributed by atoms with Gasteiger partial charge in [0.2, 0.25) is 0 Å². The molecule has 0 aliphatic rings. The van der Waals surface area contributed by atoms with E-state index in [2.05, 4.69) is 0 Å². The largest absolute Gasteiger partial charge is 0.478 e. The molecule has 94 valence electrons. The molecule has 0 rings (SSSR count). The number of aliphatic carboxylic acids is 3. The van der Waals surface area contributed by atoms with Crippen LogP contribution < -0.4 is 0 Å². The fourth-order valence-corrected chi connectivity index (χ4v) is 1.17. The molecule has 0 bridgehead atoms. The van der Waals surface area contributed by atoms with Crippen molar-refractivity contribution in [1.82, 2.24) is 0 Å². The van der Waals surface area contributed by atoms with Crippen LogP contribution in [0.25, 0.3) is 0 Å². The van der Waals surface area contributed by atoms with E-state index in [-0.39, 0.29) is 17.6 Å². The summed E-state index contributed by atoms with van der Waals surface area (Å²) >= 11 is 0. The Morgan fingerprint density at radius 2 is 1.59 bits per heavy atom. The van der Waals surface area contributed by atoms with Crippen LogP contribution in [0.5, 0.6) is 0 Å². The van der Waals surface area contributed by atoms with Gasteiger partial charge in [0, 0.05) is 18.3 Å². The van der Waals surface area contributed by atoms with Gasteiger partial charge in [-0.15, -0.1) is 0 Å². The van der Waals surface area contributed by atoms with Gasteiger partial charge in [-0.1, -0.05) is 0 Å². The highest BCUT2D eigenvalue weighted by molar-refractivity contribution is 6.01. The van der Waals surface area contributed by atoms with Gasteiger partial charge in [-0.3, -0.25) is 0 Å². The lowest BCUT2D eigenvalue weighted by atomic mass is 9.97. The minimum Gasteiger partial charge on any atom is -0.478 e. The Morgan fingerprint density at radius 1 is 1.06 bits per heavy atom. The van der Waals surface area contributed by atoms with Crippen LogP contribution in [0, 0.1) is 0 Å². The third-order valence-electron chi connectivity index (χ3n) is 1.96. The average molecular weight is 244 g/mol. The van der Waals surface area contributed by atoms with Crippen molar-refractivity contribution in [2.75, 3.05) is 6.61 Å². The first-order chi connectivity index (χ1) is 7.81. The average Bonchev–Trinajstić information content (AvgIpc) is 2.21. The zero-order chi connectivity index (χ0) is 13.6. The summed E-state index contributed by atoms with van der Waals surface area (Å²) in [5, 5.41) is 34.8. The van der Waals surface area contributed by atoms with Crippen LogP contribution in [-0.4, -0.2) is 44.9 Å². The third-order valence-corrected chi connectivity index (χ3v) is 1.96. The molecule has 0 radical (unpaired) electrons. The van der Waals surface area contributed by atoms with Gasteiger partial charge in [0.1, 0.15) is 0 Å². The maximum absolute atomic E-state index is 10.8. The number of aliphatic hydroxyl groups excluding tert-OH is 1. The topological polar surface area (TPSA) is 132 Å². The van der Waals surface area contributed by atoms with Gasteiger partial charge in [-0.25, -0.2) is 14.4 Å². The molecule has 0 aliphatic heterocycles. The quantitative estimate of drug-likeness (QED) is 0.377. The first-order valence-corrected chi connectivity index (χ1v) is 4.53. The molecule has 0 saturated carbocycles. The van der Waals surface area contributed by atoms with Crippen LogP contribution in [0.3, 0.4) is 0 Å². The summed E-state index contributed by atoms with van der Waals surface area (Å²) in [6.45, 7) is 0.663. The van der Waals surface area contributed by atoms with Crippen LogP contribution >= 0.6 is 0 Å². The minimum absolute atomic E-state index is 0.213. The second kappa shape index (κ2) is 6.44. The summed E-state index contributed by atoms with van der Waals surface area (Å²) in [6, 6.07) is 0. The molecule has 0 saturated heterocycles. The fourth-order valence-electron chi connectivity index (χ4n) is 1.17. The molecule has 0 heterocycles. The Hall–Kier alpha value is -2.15. The molecule has 0 fully saturated rings. The molecule has 0 aliphatic carbocycles. The third kappa shape index (κ3) is 4.47. The summed E-state index contributed by atoms with van der Waals surface area (Å²) in [7, 11) is 0. The Labute approximate surface area is 96.3 Å². The second-order valence-electron chi connectivity index (χ2n) is 3.08. The van der Waals surface area contributed by atoms with E-state index in [1.165, 1.54) is 0 Å². The molecule has 7 heteroatoms. The van der Waals surface area contributed by atoms with Gasteiger partial charge in [-0.2, -0.15) is 0 Å². The summed E-state index contributed by atoms with van der Waals surface area (Å²) in [4.78, 5) is 32.0. The number of hydrogen-bond acceptors (Lipinski definition) is 4. The van der Waals surface area contributed by atoms with Crippen molar-refractivity contribution in [2.45, 2.75) is 13.3 Å². The Kier molecular flexibility index (Phi) is 5.62. The van der Waals surface area contributed by atoms with Crippen LogP contribution in [0.1, 0.15) is 13.3 Å². The van der Waals surface area contributed by atoms with E-state index >= 15 is 0 Å². The number of hydrogen-bond donors (Lipinski definition) is 4. The van der Waals surface area contributed by atoms with E-state index in [1.807, 2.05) is 0 Å². The number of carbonyl (C=O) groups is 3. The van der Waals surface area contributed by atoms with E-state index in [9.17, 15) is 14.4 Å². The first kappa shape index (κ1) is 14.8.